The monoisotopic (exact) mass is 236 g/mol. The van der Waals surface area contributed by atoms with Gasteiger partial charge in [-0.1, -0.05) is 0 Å². The average molecular weight is 236 g/mol. The SMILES string of the molecule is COc1ncnc(OC)c1CS(=O)(=O)F. The maximum absolute atomic E-state index is 12.5. The zero-order chi connectivity index (χ0) is 11.5. The third kappa shape index (κ3) is 3.01. The highest BCUT2D eigenvalue weighted by Gasteiger charge is 2.20. The highest BCUT2D eigenvalue weighted by atomic mass is 32.3. The van der Waals surface area contributed by atoms with Crippen molar-refractivity contribution in [2.24, 2.45) is 0 Å². The van der Waals surface area contributed by atoms with Crippen LogP contribution in [0.25, 0.3) is 0 Å². The fourth-order valence-electron chi connectivity index (χ4n) is 1.03. The van der Waals surface area contributed by atoms with Gasteiger partial charge in [0, 0.05) is 0 Å². The first kappa shape index (κ1) is 11.6. The van der Waals surface area contributed by atoms with E-state index in [-0.39, 0.29) is 17.3 Å². The normalized spacial score (nSPS) is 11.1. The number of hydrogen-bond acceptors (Lipinski definition) is 6. The van der Waals surface area contributed by atoms with Crippen LogP contribution in [0.4, 0.5) is 3.89 Å². The van der Waals surface area contributed by atoms with E-state index in [0.29, 0.717) is 0 Å². The molecular formula is C7H9FN2O4S. The lowest BCUT2D eigenvalue weighted by Gasteiger charge is -2.08. The minimum atomic E-state index is -4.68. The molecule has 0 radical (unpaired) electrons. The number of ether oxygens (including phenoxy) is 2. The lowest BCUT2D eigenvalue weighted by Crippen LogP contribution is -2.05. The Morgan fingerprint density at radius 1 is 1.27 bits per heavy atom. The van der Waals surface area contributed by atoms with Crippen LogP contribution in [0.1, 0.15) is 5.56 Å². The molecule has 1 aromatic heterocycles. The molecule has 0 bridgehead atoms. The van der Waals surface area contributed by atoms with Crippen LogP contribution < -0.4 is 9.47 Å². The van der Waals surface area contributed by atoms with Gasteiger partial charge in [-0.3, -0.25) is 0 Å². The quantitative estimate of drug-likeness (QED) is 0.699. The van der Waals surface area contributed by atoms with Crippen molar-refractivity contribution in [1.82, 2.24) is 9.97 Å². The smallest absolute Gasteiger partial charge is 0.307 e. The van der Waals surface area contributed by atoms with Crippen LogP contribution in [0.3, 0.4) is 0 Å². The third-order valence-corrected chi connectivity index (χ3v) is 2.20. The molecule has 0 atom stereocenters. The van der Waals surface area contributed by atoms with Gasteiger partial charge in [-0.05, 0) is 0 Å². The molecule has 0 aliphatic heterocycles. The molecule has 0 aromatic carbocycles. The van der Waals surface area contributed by atoms with Gasteiger partial charge in [-0.2, -0.15) is 8.42 Å². The van der Waals surface area contributed by atoms with Crippen molar-refractivity contribution < 1.29 is 21.8 Å². The minimum Gasteiger partial charge on any atom is -0.481 e. The van der Waals surface area contributed by atoms with Gasteiger partial charge in [0.05, 0.1) is 19.8 Å². The molecule has 0 amide bonds. The zero-order valence-electron chi connectivity index (χ0n) is 8.10. The summed E-state index contributed by atoms with van der Waals surface area (Å²) in [4.78, 5) is 7.29. The van der Waals surface area contributed by atoms with Gasteiger partial charge in [-0.25, -0.2) is 9.97 Å². The second kappa shape index (κ2) is 4.39. The van der Waals surface area contributed by atoms with E-state index < -0.39 is 16.0 Å². The van der Waals surface area contributed by atoms with Crippen molar-refractivity contribution in [1.29, 1.82) is 0 Å². The molecule has 84 valence electrons. The number of halogens is 1. The molecule has 0 unspecified atom stereocenters. The van der Waals surface area contributed by atoms with Crippen LogP contribution in [-0.4, -0.2) is 32.6 Å². The predicted octanol–water partition coefficient (Wildman–Crippen LogP) is 0.293. The van der Waals surface area contributed by atoms with Crippen molar-refractivity contribution in [3.63, 3.8) is 0 Å². The second-order valence-corrected chi connectivity index (χ2v) is 3.92. The summed E-state index contributed by atoms with van der Waals surface area (Å²) in [5.41, 5.74) is -0.0370. The molecule has 15 heavy (non-hydrogen) atoms. The van der Waals surface area contributed by atoms with E-state index in [1.165, 1.54) is 14.2 Å². The molecule has 0 saturated carbocycles. The van der Waals surface area contributed by atoms with E-state index in [9.17, 15) is 12.3 Å². The lowest BCUT2D eigenvalue weighted by molar-refractivity contribution is 0.364. The third-order valence-electron chi connectivity index (χ3n) is 1.57. The lowest BCUT2D eigenvalue weighted by atomic mass is 10.3. The first-order chi connectivity index (χ1) is 6.98. The molecule has 0 aliphatic rings. The molecule has 0 N–H and O–H groups in total. The first-order valence-electron chi connectivity index (χ1n) is 3.82. The van der Waals surface area contributed by atoms with Crippen molar-refractivity contribution in [2.45, 2.75) is 5.75 Å². The van der Waals surface area contributed by atoms with Crippen LogP contribution in [-0.2, 0) is 16.0 Å². The molecule has 6 nitrogen and oxygen atoms in total. The molecule has 0 spiro atoms. The number of methoxy groups -OCH3 is 2. The van der Waals surface area contributed by atoms with Gasteiger partial charge in [0.25, 0.3) is 0 Å². The summed E-state index contributed by atoms with van der Waals surface area (Å²) in [5.74, 6) is -0.925. The second-order valence-electron chi connectivity index (χ2n) is 2.55. The molecule has 0 saturated heterocycles. The van der Waals surface area contributed by atoms with E-state index in [1.54, 1.807) is 0 Å². The van der Waals surface area contributed by atoms with Crippen LogP contribution in [0.5, 0.6) is 11.8 Å². The number of nitrogens with zero attached hydrogens (tertiary/aromatic N) is 2. The Morgan fingerprint density at radius 3 is 2.07 bits per heavy atom. The number of aromatic nitrogens is 2. The maximum atomic E-state index is 12.5. The molecule has 8 heteroatoms. The Hall–Kier alpha value is -1.44. The molecule has 1 aromatic rings. The fraction of sp³-hybridized carbons (Fsp3) is 0.429. The van der Waals surface area contributed by atoms with Gasteiger partial charge < -0.3 is 9.47 Å². The Morgan fingerprint density at radius 2 is 1.73 bits per heavy atom. The summed E-state index contributed by atoms with van der Waals surface area (Å²) in [6, 6.07) is 0. The Kier molecular flexibility index (Phi) is 3.40. The zero-order valence-corrected chi connectivity index (χ0v) is 8.91. The summed E-state index contributed by atoms with van der Waals surface area (Å²) in [6.45, 7) is 0. The maximum Gasteiger partial charge on any atom is 0.307 e. The summed E-state index contributed by atoms with van der Waals surface area (Å²) < 4.78 is 43.1. The number of rotatable bonds is 4. The predicted molar refractivity (Wildman–Crippen MR) is 48.9 cm³/mol. The average Bonchev–Trinajstić information content (AvgIpc) is 2.16. The topological polar surface area (TPSA) is 78.4 Å². The van der Waals surface area contributed by atoms with Crippen LogP contribution in [0.15, 0.2) is 6.33 Å². The highest BCUT2D eigenvalue weighted by molar-refractivity contribution is 7.85. The van der Waals surface area contributed by atoms with E-state index in [4.69, 9.17) is 9.47 Å². The van der Waals surface area contributed by atoms with Crippen LogP contribution in [0.2, 0.25) is 0 Å². The van der Waals surface area contributed by atoms with Crippen LogP contribution >= 0.6 is 0 Å². The van der Waals surface area contributed by atoms with E-state index >= 15 is 0 Å². The van der Waals surface area contributed by atoms with Gasteiger partial charge in [-0.15, -0.1) is 3.89 Å². The molecule has 1 rings (SSSR count). The van der Waals surface area contributed by atoms with E-state index in [2.05, 4.69) is 9.97 Å². The molecule has 0 fully saturated rings. The van der Waals surface area contributed by atoms with Crippen molar-refractivity contribution in [3.05, 3.63) is 11.9 Å². The summed E-state index contributed by atoms with van der Waals surface area (Å²) in [7, 11) is -2.11. The number of hydrogen-bond donors (Lipinski definition) is 0. The summed E-state index contributed by atoms with van der Waals surface area (Å²) >= 11 is 0. The van der Waals surface area contributed by atoms with Crippen molar-refractivity contribution in [3.8, 4) is 11.8 Å². The molecular weight excluding hydrogens is 227 g/mol. The first-order valence-corrected chi connectivity index (χ1v) is 5.37. The standard InChI is InChI=1S/C7H9FN2O4S/c1-13-6-5(3-15(8,11)12)7(14-2)10-4-9-6/h4H,3H2,1-2H3. The van der Waals surface area contributed by atoms with Gasteiger partial charge in [0.2, 0.25) is 11.8 Å². The Bertz CT molecular complexity index is 426. The van der Waals surface area contributed by atoms with Crippen molar-refractivity contribution >= 4 is 10.2 Å². The molecule has 0 aliphatic carbocycles. The minimum absolute atomic E-state index is 0.0249. The van der Waals surface area contributed by atoms with E-state index in [1.807, 2.05) is 0 Å². The highest BCUT2D eigenvalue weighted by Crippen LogP contribution is 2.25. The van der Waals surface area contributed by atoms with Gasteiger partial charge in [0.15, 0.2) is 0 Å². The van der Waals surface area contributed by atoms with Gasteiger partial charge >= 0.3 is 10.2 Å². The van der Waals surface area contributed by atoms with Gasteiger partial charge in [0.1, 0.15) is 12.1 Å². The largest absolute Gasteiger partial charge is 0.481 e. The Balaban J connectivity index is 3.22. The van der Waals surface area contributed by atoms with Crippen molar-refractivity contribution in [2.75, 3.05) is 14.2 Å². The fourth-order valence-corrected chi connectivity index (χ4v) is 1.62. The molecule has 1 heterocycles. The summed E-state index contributed by atoms with van der Waals surface area (Å²) in [5, 5.41) is 0. The van der Waals surface area contributed by atoms with Crippen LogP contribution in [0, 0.1) is 0 Å². The Labute approximate surface area is 86.3 Å². The van der Waals surface area contributed by atoms with E-state index in [0.717, 1.165) is 6.33 Å². The summed E-state index contributed by atoms with van der Waals surface area (Å²) in [6.07, 6.45) is 1.13.